The molecule has 1 N–H and O–H groups in total. The average molecular weight is 272 g/mol. The zero-order valence-electron chi connectivity index (χ0n) is 13.7. The predicted molar refractivity (Wildman–Crippen MR) is 84.6 cm³/mol. The summed E-state index contributed by atoms with van der Waals surface area (Å²) in [5.41, 5.74) is 0. The maximum Gasteiger partial charge on any atom is 0.0459 e. The SMILES string of the molecule is CC.CCCC(CO)CCCCN1CCN(C)CC1. The fraction of sp³-hybridized carbons (Fsp3) is 1.00. The third-order valence-electron chi connectivity index (χ3n) is 3.89. The molecular formula is C16H36N2O. The average Bonchev–Trinajstić information content (AvgIpc) is 2.46. The number of unbranched alkanes of at least 4 members (excludes halogenated alkanes) is 1. The van der Waals surface area contributed by atoms with Gasteiger partial charge in [0.2, 0.25) is 0 Å². The van der Waals surface area contributed by atoms with Crippen molar-refractivity contribution in [3.05, 3.63) is 0 Å². The number of hydrogen-bond donors (Lipinski definition) is 1. The molecule has 3 nitrogen and oxygen atoms in total. The lowest BCUT2D eigenvalue weighted by Crippen LogP contribution is -2.44. The van der Waals surface area contributed by atoms with Gasteiger partial charge in [-0.25, -0.2) is 0 Å². The first-order valence-electron chi connectivity index (χ1n) is 8.28. The zero-order chi connectivity index (χ0) is 14.5. The van der Waals surface area contributed by atoms with E-state index < -0.39 is 0 Å². The summed E-state index contributed by atoms with van der Waals surface area (Å²) in [6.07, 6.45) is 6.16. The Labute approximate surface area is 121 Å². The number of nitrogens with zero attached hydrogens (tertiary/aromatic N) is 2. The van der Waals surface area contributed by atoms with Gasteiger partial charge in [-0.3, -0.25) is 0 Å². The van der Waals surface area contributed by atoms with Gasteiger partial charge in [0.25, 0.3) is 0 Å². The van der Waals surface area contributed by atoms with E-state index in [9.17, 15) is 5.11 Å². The largest absolute Gasteiger partial charge is 0.396 e. The number of likely N-dealkylation sites (N-methyl/N-ethyl adjacent to an activating group) is 1. The fourth-order valence-electron chi connectivity index (χ4n) is 2.58. The van der Waals surface area contributed by atoms with E-state index in [1.54, 1.807) is 0 Å². The van der Waals surface area contributed by atoms with Crippen LogP contribution in [0, 0.1) is 5.92 Å². The Morgan fingerprint density at radius 3 is 2.16 bits per heavy atom. The van der Waals surface area contributed by atoms with Gasteiger partial charge in [-0.1, -0.05) is 33.6 Å². The van der Waals surface area contributed by atoms with Crippen LogP contribution in [-0.4, -0.2) is 61.3 Å². The van der Waals surface area contributed by atoms with Crippen LogP contribution in [0.3, 0.4) is 0 Å². The molecule has 0 aromatic carbocycles. The Balaban J connectivity index is 0.00000154. The topological polar surface area (TPSA) is 26.7 Å². The highest BCUT2D eigenvalue weighted by atomic mass is 16.3. The molecule has 1 saturated heterocycles. The molecule has 0 aromatic rings. The van der Waals surface area contributed by atoms with Crippen LogP contribution in [0.5, 0.6) is 0 Å². The molecule has 1 fully saturated rings. The molecule has 0 radical (unpaired) electrons. The summed E-state index contributed by atoms with van der Waals surface area (Å²) >= 11 is 0. The fourth-order valence-corrected chi connectivity index (χ4v) is 2.58. The monoisotopic (exact) mass is 272 g/mol. The van der Waals surface area contributed by atoms with E-state index in [2.05, 4.69) is 23.8 Å². The Morgan fingerprint density at radius 2 is 1.63 bits per heavy atom. The van der Waals surface area contributed by atoms with Crippen molar-refractivity contribution in [1.29, 1.82) is 0 Å². The summed E-state index contributed by atoms with van der Waals surface area (Å²) < 4.78 is 0. The second kappa shape index (κ2) is 12.9. The summed E-state index contributed by atoms with van der Waals surface area (Å²) in [6, 6.07) is 0. The number of piperazine rings is 1. The molecule has 0 saturated carbocycles. The van der Waals surface area contributed by atoms with Gasteiger partial charge in [0, 0.05) is 32.8 Å². The molecule has 0 aliphatic carbocycles. The summed E-state index contributed by atoms with van der Waals surface area (Å²) in [5.74, 6) is 0.549. The van der Waals surface area contributed by atoms with Crippen LogP contribution in [0.4, 0.5) is 0 Å². The molecule has 1 atom stereocenters. The van der Waals surface area contributed by atoms with E-state index >= 15 is 0 Å². The van der Waals surface area contributed by atoms with Gasteiger partial charge in [-0.2, -0.15) is 0 Å². The molecule has 3 heteroatoms. The Bertz CT molecular complexity index is 180. The standard InChI is InChI=1S/C14H30N2O.C2H6/c1-3-6-14(13-17)7-4-5-8-16-11-9-15(2)10-12-16;1-2/h14,17H,3-13H2,1-2H3;1-2H3. The third kappa shape index (κ3) is 9.42. The molecule has 1 aliphatic heterocycles. The number of hydrogen-bond acceptors (Lipinski definition) is 3. The number of rotatable bonds is 8. The molecule has 1 rings (SSSR count). The molecule has 0 amide bonds. The maximum atomic E-state index is 9.22. The van der Waals surface area contributed by atoms with Crippen molar-refractivity contribution >= 4 is 0 Å². The lowest BCUT2D eigenvalue weighted by atomic mass is 9.98. The van der Waals surface area contributed by atoms with Gasteiger partial charge in [-0.15, -0.1) is 0 Å². The second-order valence-electron chi connectivity index (χ2n) is 5.48. The van der Waals surface area contributed by atoms with Gasteiger partial charge in [0.15, 0.2) is 0 Å². The van der Waals surface area contributed by atoms with Crippen LogP contribution in [-0.2, 0) is 0 Å². The van der Waals surface area contributed by atoms with E-state index in [4.69, 9.17) is 0 Å². The van der Waals surface area contributed by atoms with Crippen molar-refractivity contribution in [1.82, 2.24) is 9.80 Å². The van der Waals surface area contributed by atoms with E-state index in [-0.39, 0.29) is 0 Å². The van der Waals surface area contributed by atoms with Crippen LogP contribution in [0.2, 0.25) is 0 Å². The molecule has 1 unspecified atom stereocenters. The first kappa shape index (κ1) is 18.9. The van der Waals surface area contributed by atoms with Gasteiger partial charge < -0.3 is 14.9 Å². The van der Waals surface area contributed by atoms with E-state index in [0.29, 0.717) is 12.5 Å². The molecular weight excluding hydrogens is 236 g/mol. The summed E-state index contributed by atoms with van der Waals surface area (Å²) in [6.45, 7) is 12.7. The zero-order valence-corrected chi connectivity index (χ0v) is 13.7. The minimum Gasteiger partial charge on any atom is -0.396 e. The highest BCUT2D eigenvalue weighted by Crippen LogP contribution is 2.14. The second-order valence-corrected chi connectivity index (χ2v) is 5.48. The molecule has 116 valence electrons. The minimum atomic E-state index is 0.377. The summed E-state index contributed by atoms with van der Waals surface area (Å²) in [4.78, 5) is 4.98. The first-order chi connectivity index (χ1) is 9.26. The Hall–Kier alpha value is -0.120. The van der Waals surface area contributed by atoms with Crippen molar-refractivity contribution < 1.29 is 5.11 Å². The lowest BCUT2D eigenvalue weighted by Gasteiger charge is -2.32. The minimum absolute atomic E-state index is 0.377. The maximum absolute atomic E-state index is 9.22. The Morgan fingerprint density at radius 1 is 1.00 bits per heavy atom. The van der Waals surface area contributed by atoms with Crippen molar-refractivity contribution in [3.8, 4) is 0 Å². The van der Waals surface area contributed by atoms with Gasteiger partial charge in [-0.05, 0) is 38.8 Å². The van der Waals surface area contributed by atoms with Crippen LogP contribution >= 0.6 is 0 Å². The van der Waals surface area contributed by atoms with Crippen LogP contribution < -0.4 is 0 Å². The number of aliphatic hydroxyl groups excluding tert-OH is 1. The smallest absolute Gasteiger partial charge is 0.0459 e. The van der Waals surface area contributed by atoms with Gasteiger partial charge >= 0.3 is 0 Å². The predicted octanol–water partition coefficient (Wildman–Crippen LogP) is 2.84. The van der Waals surface area contributed by atoms with E-state index in [0.717, 1.165) is 0 Å². The van der Waals surface area contributed by atoms with Crippen molar-refractivity contribution in [2.24, 2.45) is 5.92 Å². The molecule has 0 spiro atoms. The highest BCUT2D eigenvalue weighted by Gasteiger charge is 2.13. The van der Waals surface area contributed by atoms with Crippen LogP contribution in [0.25, 0.3) is 0 Å². The van der Waals surface area contributed by atoms with Gasteiger partial charge in [0.05, 0.1) is 0 Å². The van der Waals surface area contributed by atoms with Gasteiger partial charge in [0.1, 0.15) is 0 Å². The number of aliphatic hydroxyl groups is 1. The van der Waals surface area contributed by atoms with Crippen molar-refractivity contribution in [3.63, 3.8) is 0 Å². The highest BCUT2D eigenvalue weighted by molar-refractivity contribution is 4.69. The third-order valence-corrected chi connectivity index (χ3v) is 3.89. The van der Waals surface area contributed by atoms with Crippen LogP contribution in [0.15, 0.2) is 0 Å². The Kier molecular flexibility index (Phi) is 12.8. The molecule has 19 heavy (non-hydrogen) atoms. The molecule has 1 aliphatic rings. The van der Waals surface area contributed by atoms with E-state index in [1.807, 2.05) is 13.8 Å². The molecule has 0 bridgehead atoms. The molecule has 0 aromatic heterocycles. The van der Waals surface area contributed by atoms with E-state index in [1.165, 1.54) is 64.8 Å². The normalized spacial score (nSPS) is 18.8. The lowest BCUT2D eigenvalue weighted by molar-refractivity contribution is 0.149. The summed E-state index contributed by atoms with van der Waals surface area (Å²) in [5, 5.41) is 9.22. The quantitative estimate of drug-likeness (QED) is 0.688. The van der Waals surface area contributed by atoms with Crippen molar-refractivity contribution in [2.45, 2.75) is 52.9 Å². The van der Waals surface area contributed by atoms with Crippen LogP contribution in [0.1, 0.15) is 52.9 Å². The summed E-state index contributed by atoms with van der Waals surface area (Å²) in [7, 11) is 2.20. The molecule has 1 heterocycles. The first-order valence-corrected chi connectivity index (χ1v) is 8.28. The van der Waals surface area contributed by atoms with Crippen molar-refractivity contribution in [2.75, 3.05) is 46.4 Å².